The third-order valence-corrected chi connectivity index (χ3v) is 15.9. The molecule has 65 heavy (non-hydrogen) atoms. The first-order valence-electron chi connectivity index (χ1n) is 23.6. The number of nitrogens with one attached hydrogen (secondary N) is 1. The van der Waals surface area contributed by atoms with Crippen molar-refractivity contribution in [2.24, 2.45) is 40.9 Å². The summed E-state index contributed by atoms with van der Waals surface area (Å²) in [5.41, 5.74) is 6.39. The van der Waals surface area contributed by atoms with Gasteiger partial charge in [0.15, 0.2) is 23.0 Å². The molecule has 10 unspecified atom stereocenters. The van der Waals surface area contributed by atoms with E-state index in [0.717, 1.165) is 57.3 Å². The lowest BCUT2D eigenvalue weighted by Crippen LogP contribution is -2.47. The van der Waals surface area contributed by atoms with E-state index in [2.05, 4.69) is 41.1 Å². The van der Waals surface area contributed by atoms with Gasteiger partial charge >= 0.3 is 5.97 Å². The minimum absolute atomic E-state index is 0.00947. The average Bonchev–Trinajstić information content (AvgIpc) is 3.87. The molecule has 3 saturated carbocycles. The first-order chi connectivity index (χ1) is 31.6. The number of H-pyrrole nitrogens is 1. The Bertz CT molecular complexity index is 2630. The van der Waals surface area contributed by atoms with Crippen LogP contribution < -0.4 is 9.47 Å². The van der Waals surface area contributed by atoms with Gasteiger partial charge in [-0.25, -0.2) is 0 Å². The van der Waals surface area contributed by atoms with E-state index >= 15 is 4.79 Å². The molecule has 3 fully saturated rings. The molecule has 6 aliphatic rings. The topological polar surface area (TPSA) is 179 Å². The summed E-state index contributed by atoms with van der Waals surface area (Å²) in [5.74, 6) is 7.38. The summed E-state index contributed by atoms with van der Waals surface area (Å²) >= 11 is 0. The standard InChI is InChI=1S/C54H59NO10/c1-63-48-27-41-43-25-34(59)23-35(12-8-30-9-15-46(60)49(21-30)64-20-19-56)65-53(62)54(18-16-31(28-54)29-57)17-4-6-39-36-5-2-3-7-45(36)55-52(39)51(44(41)26-47(48)61)38-13-10-32-22-42(38)50(43)37-14-11-33(58)24-40(32)37/h2-3,5,7,9-10,13,15,21,26-27,31-33,35,37,40,42-43,50,55-58,60-61H,6,8,11-12,14,16,18-20,22-25,28-29H2,1H3. The zero-order valence-corrected chi connectivity index (χ0v) is 36.9. The number of cyclic esters (lactones) is 1. The molecule has 10 atom stereocenters. The zero-order valence-electron chi connectivity index (χ0n) is 36.9. The van der Waals surface area contributed by atoms with Gasteiger partial charge in [-0.1, -0.05) is 48.3 Å². The molecule has 4 bridgehead atoms. The molecule has 6 N–H and O–H groups in total. The molecule has 2 heterocycles. The van der Waals surface area contributed by atoms with Crippen LogP contribution in [0.3, 0.4) is 0 Å². The summed E-state index contributed by atoms with van der Waals surface area (Å²) in [6.45, 7) is -0.269. The van der Waals surface area contributed by atoms with Crippen LogP contribution in [0.25, 0.3) is 16.5 Å². The number of aromatic nitrogens is 1. The maximum absolute atomic E-state index is 15.1. The molecular weight excluding hydrogens is 823 g/mol. The number of aromatic amines is 1. The van der Waals surface area contributed by atoms with Gasteiger partial charge in [-0.05, 0) is 157 Å². The van der Waals surface area contributed by atoms with Gasteiger partial charge in [-0.15, -0.1) is 0 Å². The number of aliphatic hydroxyl groups is 3. The highest BCUT2D eigenvalue weighted by Gasteiger charge is 2.54. The molecule has 11 nitrogen and oxygen atoms in total. The Kier molecular flexibility index (Phi) is 11.8. The van der Waals surface area contributed by atoms with Crippen LogP contribution in [0.1, 0.15) is 98.1 Å². The summed E-state index contributed by atoms with van der Waals surface area (Å²) in [5, 5.41) is 53.9. The number of aliphatic hydroxyl groups excluding tert-OH is 3. The lowest BCUT2D eigenvalue weighted by molar-refractivity contribution is -0.159. The molecule has 0 amide bonds. The number of esters is 1. The van der Waals surface area contributed by atoms with Crippen LogP contribution in [0.2, 0.25) is 0 Å². The lowest BCUT2D eigenvalue weighted by atomic mass is 9.51. The minimum Gasteiger partial charge on any atom is -0.504 e. The van der Waals surface area contributed by atoms with E-state index in [4.69, 9.17) is 14.2 Å². The van der Waals surface area contributed by atoms with E-state index in [-0.39, 0.29) is 103 Å². The van der Waals surface area contributed by atoms with E-state index in [0.29, 0.717) is 57.1 Å². The number of para-hydroxylation sites is 1. The molecule has 0 saturated heterocycles. The molecule has 1 aromatic heterocycles. The smallest absolute Gasteiger partial charge is 0.324 e. The van der Waals surface area contributed by atoms with Crippen LogP contribution in [0, 0.1) is 52.8 Å². The quantitative estimate of drug-likeness (QED) is 0.0760. The number of ketones is 1. The molecule has 0 radical (unpaired) electrons. The lowest BCUT2D eigenvalue weighted by Gasteiger charge is -2.54. The van der Waals surface area contributed by atoms with E-state index in [1.54, 1.807) is 19.2 Å². The summed E-state index contributed by atoms with van der Waals surface area (Å²) in [7, 11) is 1.55. The molecule has 3 aromatic carbocycles. The predicted octanol–water partition coefficient (Wildman–Crippen LogP) is 7.69. The first-order valence-corrected chi connectivity index (χ1v) is 23.6. The Morgan fingerprint density at radius 3 is 2.62 bits per heavy atom. The second-order valence-corrected chi connectivity index (χ2v) is 19.5. The van der Waals surface area contributed by atoms with E-state index in [1.165, 1.54) is 11.6 Å². The number of aromatic hydroxyl groups is 2. The maximum Gasteiger partial charge on any atom is 0.324 e. The Morgan fingerprint density at radius 1 is 0.938 bits per heavy atom. The van der Waals surface area contributed by atoms with Gasteiger partial charge in [0.25, 0.3) is 0 Å². The van der Waals surface area contributed by atoms with Crippen LogP contribution in [-0.2, 0) is 27.2 Å². The number of Topliss-reactive ketones (excluding diaryl/α,β-unsaturated/α-hetero) is 1. The second kappa shape index (κ2) is 17.7. The number of phenolic OH excluding ortho intramolecular Hbond substituents is 2. The van der Waals surface area contributed by atoms with Crippen LogP contribution >= 0.6 is 0 Å². The number of aryl methyl sites for hydroxylation is 1. The van der Waals surface area contributed by atoms with Gasteiger partial charge in [0.2, 0.25) is 0 Å². The number of phenols is 2. The number of hydrogen-bond donors (Lipinski definition) is 6. The van der Waals surface area contributed by atoms with Gasteiger partial charge < -0.3 is 44.7 Å². The third kappa shape index (κ3) is 7.91. The fourth-order valence-corrected chi connectivity index (χ4v) is 12.9. The molecule has 1 spiro atoms. The number of carbonyl (C=O) groups excluding carboxylic acids is 2. The van der Waals surface area contributed by atoms with Crippen molar-refractivity contribution in [3.8, 4) is 34.8 Å². The highest BCUT2D eigenvalue weighted by Crippen LogP contribution is 2.62. The Balaban J connectivity index is 1.16. The van der Waals surface area contributed by atoms with Crippen LogP contribution in [0.15, 0.2) is 72.3 Å². The highest BCUT2D eigenvalue weighted by atomic mass is 16.5. The van der Waals surface area contributed by atoms with E-state index < -0.39 is 17.5 Å². The van der Waals surface area contributed by atoms with E-state index in [9.17, 15) is 30.3 Å². The van der Waals surface area contributed by atoms with Crippen LogP contribution in [0.4, 0.5) is 0 Å². The number of benzene rings is 3. The molecular formula is C54H59NO10. The van der Waals surface area contributed by atoms with Gasteiger partial charge in [0.1, 0.15) is 23.9 Å². The maximum atomic E-state index is 15.1. The third-order valence-electron chi connectivity index (χ3n) is 15.9. The number of hydrogen-bond acceptors (Lipinski definition) is 10. The summed E-state index contributed by atoms with van der Waals surface area (Å²) in [4.78, 5) is 33.7. The SMILES string of the molecule is COc1cc2c(cc1O)C1=C3C=CC4CC3C(C2CC(=O)CC(CCc2ccc(O)c(OCCO)c2)OC(=O)C2(C#CCc3c1[nH]c1ccccc31)CCC(CO)C2)C1CCC(O)CC41. The second-order valence-electron chi connectivity index (χ2n) is 19.5. The molecule has 4 aromatic rings. The number of carbonyl (C=O) groups is 2. The highest BCUT2D eigenvalue weighted by molar-refractivity contribution is 5.96. The fraction of sp³-hybridized carbons (Fsp3) is 0.481. The van der Waals surface area contributed by atoms with Crippen molar-refractivity contribution in [3.63, 3.8) is 0 Å². The van der Waals surface area contributed by atoms with Crippen molar-refractivity contribution in [2.75, 3.05) is 26.9 Å². The molecule has 11 heteroatoms. The Labute approximate surface area is 379 Å². The Morgan fingerprint density at radius 2 is 1.80 bits per heavy atom. The van der Waals surface area contributed by atoms with Gasteiger partial charge in [-0.2, -0.15) is 0 Å². The van der Waals surface area contributed by atoms with Gasteiger partial charge in [0.05, 0.1) is 25.5 Å². The summed E-state index contributed by atoms with van der Waals surface area (Å²) in [6.07, 6.45) is 9.18. The number of ether oxygens (including phenoxy) is 3. The van der Waals surface area contributed by atoms with E-state index in [1.807, 2.05) is 24.3 Å². The number of methoxy groups -OCH3 is 1. The van der Waals surface area contributed by atoms with Crippen molar-refractivity contribution in [3.05, 3.63) is 100 Å². The largest absolute Gasteiger partial charge is 0.504 e. The molecule has 1 aliphatic heterocycles. The van der Waals surface area contributed by atoms with Gasteiger partial charge in [-0.3, -0.25) is 9.59 Å². The van der Waals surface area contributed by atoms with Crippen molar-refractivity contribution in [1.82, 2.24) is 4.98 Å². The van der Waals surface area contributed by atoms with Crippen molar-refractivity contribution >= 4 is 28.2 Å². The Hall–Kier alpha value is -5.54. The first kappa shape index (κ1) is 43.4. The van der Waals surface area contributed by atoms with Crippen LogP contribution in [-0.4, -0.2) is 81.4 Å². The minimum atomic E-state index is -1.18. The van der Waals surface area contributed by atoms with Crippen molar-refractivity contribution in [1.29, 1.82) is 0 Å². The van der Waals surface area contributed by atoms with Gasteiger partial charge in [0, 0.05) is 42.3 Å². The number of allylic oxidation sites excluding steroid dienone is 3. The monoisotopic (exact) mass is 881 g/mol. The van der Waals surface area contributed by atoms with Crippen LogP contribution in [0.5, 0.6) is 23.0 Å². The molecule has 5 aliphatic carbocycles. The number of rotatable bonds is 8. The fourth-order valence-electron chi connectivity index (χ4n) is 12.9. The number of fused-ring (bicyclic) bond motifs is 9. The average molecular weight is 882 g/mol. The normalized spacial score (nSPS) is 30.6. The molecule has 10 rings (SSSR count). The zero-order chi connectivity index (χ0) is 45.0. The summed E-state index contributed by atoms with van der Waals surface area (Å²) < 4.78 is 17.9. The van der Waals surface area contributed by atoms with Crippen molar-refractivity contribution < 1.29 is 49.3 Å². The van der Waals surface area contributed by atoms with Crippen molar-refractivity contribution in [2.45, 2.75) is 95.2 Å². The summed E-state index contributed by atoms with van der Waals surface area (Å²) in [6, 6.07) is 17.0. The molecule has 340 valence electrons. The predicted molar refractivity (Wildman–Crippen MR) is 244 cm³/mol.